The summed E-state index contributed by atoms with van der Waals surface area (Å²) < 4.78 is 1.17. The summed E-state index contributed by atoms with van der Waals surface area (Å²) in [5.41, 5.74) is 0. The molecule has 1 aromatic heterocycles. The highest BCUT2D eigenvalue weighted by molar-refractivity contribution is 9.11. The van der Waals surface area contributed by atoms with Gasteiger partial charge in [-0.15, -0.1) is 11.3 Å². The van der Waals surface area contributed by atoms with Gasteiger partial charge in [0.2, 0.25) is 0 Å². The van der Waals surface area contributed by atoms with Gasteiger partial charge >= 0.3 is 0 Å². The van der Waals surface area contributed by atoms with Gasteiger partial charge in [0.15, 0.2) is 0 Å². The lowest BCUT2D eigenvalue weighted by molar-refractivity contribution is 0.119. The fraction of sp³-hybridized carbons (Fsp3) is 0.667. The second-order valence-electron chi connectivity index (χ2n) is 4.40. The zero-order valence-electron chi connectivity index (χ0n) is 9.29. The molecule has 2 rings (SSSR count). The van der Waals surface area contributed by atoms with Crippen LogP contribution in [0.25, 0.3) is 0 Å². The summed E-state index contributed by atoms with van der Waals surface area (Å²) in [4.78, 5) is 1.32. The first-order chi connectivity index (χ1) is 7.75. The Balaban J connectivity index is 1.83. The molecule has 2 unspecified atom stereocenters. The van der Waals surface area contributed by atoms with E-state index >= 15 is 0 Å². The second-order valence-corrected chi connectivity index (χ2v) is 6.95. The van der Waals surface area contributed by atoms with Gasteiger partial charge in [0.1, 0.15) is 0 Å². The van der Waals surface area contributed by atoms with Crippen molar-refractivity contribution in [1.29, 1.82) is 0 Å². The first kappa shape index (κ1) is 12.6. The van der Waals surface area contributed by atoms with Gasteiger partial charge in [0.05, 0.1) is 9.89 Å². The van der Waals surface area contributed by atoms with Crippen molar-refractivity contribution in [2.45, 2.75) is 50.8 Å². The summed E-state index contributed by atoms with van der Waals surface area (Å²) in [5.74, 6) is 0. The van der Waals surface area contributed by atoms with Crippen molar-refractivity contribution in [3.63, 3.8) is 0 Å². The molecule has 0 saturated heterocycles. The van der Waals surface area contributed by atoms with Crippen LogP contribution in [0.15, 0.2) is 15.9 Å². The Kier molecular flexibility index (Phi) is 4.82. The van der Waals surface area contributed by atoms with E-state index in [2.05, 4.69) is 33.4 Å². The minimum atomic E-state index is -0.161. The Morgan fingerprint density at radius 1 is 1.31 bits per heavy atom. The van der Waals surface area contributed by atoms with Crippen LogP contribution in [0.3, 0.4) is 0 Å². The molecule has 2 N–H and O–H groups in total. The van der Waals surface area contributed by atoms with Gasteiger partial charge in [-0.1, -0.05) is 19.3 Å². The zero-order valence-corrected chi connectivity index (χ0v) is 11.7. The van der Waals surface area contributed by atoms with Crippen molar-refractivity contribution in [2.75, 3.05) is 0 Å². The van der Waals surface area contributed by atoms with Gasteiger partial charge in [0.25, 0.3) is 0 Å². The maximum Gasteiger partial charge on any atom is 0.0701 e. The number of hydrogen-bond donors (Lipinski definition) is 2. The van der Waals surface area contributed by atoms with Crippen molar-refractivity contribution in [3.8, 4) is 0 Å². The number of hydrogen-bond acceptors (Lipinski definition) is 3. The lowest BCUT2D eigenvalue weighted by Gasteiger charge is -2.21. The van der Waals surface area contributed by atoms with Gasteiger partial charge in [-0.3, -0.25) is 0 Å². The third kappa shape index (κ3) is 3.55. The Hall–Kier alpha value is 0.1000. The molecule has 16 heavy (non-hydrogen) atoms. The van der Waals surface area contributed by atoms with E-state index in [1.165, 1.54) is 27.9 Å². The summed E-state index contributed by atoms with van der Waals surface area (Å²) in [7, 11) is 0. The smallest absolute Gasteiger partial charge is 0.0701 e. The predicted octanol–water partition coefficient (Wildman–Crippen LogP) is 3.29. The van der Waals surface area contributed by atoms with E-state index in [1.54, 1.807) is 11.3 Å². The summed E-state index contributed by atoms with van der Waals surface area (Å²) in [5, 5.41) is 13.4. The second kappa shape index (κ2) is 6.15. The molecule has 4 heteroatoms. The highest BCUT2D eigenvalue weighted by atomic mass is 79.9. The maximum atomic E-state index is 9.96. The highest BCUT2D eigenvalue weighted by Crippen LogP contribution is 2.23. The molecule has 1 heterocycles. The molecule has 1 fully saturated rings. The van der Waals surface area contributed by atoms with Crippen LogP contribution in [0, 0.1) is 0 Å². The van der Waals surface area contributed by atoms with E-state index in [4.69, 9.17) is 0 Å². The van der Waals surface area contributed by atoms with Gasteiger partial charge in [-0.05, 0) is 40.9 Å². The predicted molar refractivity (Wildman–Crippen MR) is 71.7 cm³/mol. The summed E-state index contributed by atoms with van der Waals surface area (Å²) in [6, 6.07) is 4.49. The van der Waals surface area contributed by atoms with Crippen LogP contribution in [0.5, 0.6) is 0 Å². The number of thiophene rings is 1. The number of nitrogens with one attached hydrogen (secondary N) is 1. The van der Waals surface area contributed by atoms with Gasteiger partial charge in [-0.2, -0.15) is 0 Å². The molecule has 0 radical (unpaired) electrons. The third-order valence-corrected chi connectivity index (χ3v) is 4.77. The topological polar surface area (TPSA) is 32.3 Å². The fourth-order valence-electron chi connectivity index (χ4n) is 2.20. The summed E-state index contributed by atoms with van der Waals surface area (Å²) in [6.45, 7) is 0.873. The van der Waals surface area contributed by atoms with Crippen LogP contribution in [-0.2, 0) is 6.54 Å². The number of aliphatic hydroxyl groups excluding tert-OH is 1. The number of rotatable bonds is 3. The molecule has 2 atom stereocenters. The van der Waals surface area contributed by atoms with E-state index in [1.807, 2.05) is 0 Å². The first-order valence-electron chi connectivity index (χ1n) is 5.91. The zero-order chi connectivity index (χ0) is 11.4. The Morgan fingerprint density at radius 3 is 2.88 bits per heavy atom. The largest absolute Gasteiger partial charge is 0.392 e. The molecular weight excluding hydrogens is 286 g/mol. The van der Waals surface area contributed by atoms with E-state index in [0.29, 0.717) is 0 Å². The van der Waals surface area contributed by atoms with E-state index in [-0.39, 0.29) is 12.1 Å². The average Bonchev–Trinajstić information content (AvgIpc) is 2.56. The van der Waals surface area contributed by atoms with Crippen LogP contribution in [0.2, 0.25) is 0 Å². The average molecular weight is 304 g/mol. The molecule has 1 aromatic rings. The Bertz CT molecular complexity index is 329. The number of aliphatic hydroxyl groups is 1. The van der Waals surface area contributed by atoms with Crippen LogP contribution in [-0.4, -0.2) is 17.3 Å². The van der Waals surface area contributed by atoms with Crippen molar-refractivity contribution in [3.05, 3.63) is 20.8 Å². The Morgan fingerprint density at radius 2 is 2.12 bits per heavy atom. The monoisotopic (exact) mass is 303 g/mol. The quantitative estimate of drug-likeness (QED) is 0.840. The lowest BCUT2D eigenvalue weighted by atomic mass is 10.1. The normalized spacial score (nSPS) is 26.6. The maximum absolute atomic E-state index is 9.96. The molecule has 1 saturated carbocycles. The molecular formula is C12H18BrNOS. The minimum absolute atomic E-state index is 0.161. The van der Waals surface area contributed by atoms with Crippen LogP contribution in [0.1, 0.15) is 37.0 Å². The first-order valence-corrected chi connectivity index (χ1v) is 7.52. The lowest BCUT2D eigenvalue weighted by Crippen LogP contribution is -2.38. The van der Waals surface area contributed by atoms with Gasteiger partial charge in [0, 0.05) is 17.5 Å². The number of halogens is 1. The summed E-state index contributed by atoms with van der Waals surface area (Å²) >= 11 is 5.22. The Labute approximate surface area is 109 Å². The molecule has 90 valence electrons. The SMILES string of the molecule is OC1CCCCCC1NCc1ccc(Br)s1. The van der Waals surface area contributed by atoms with E-state index in [0.717, 1.165) is 19.4 Å². The van der Waals surface area contributed by atoms with Crippen LogP contribution >= 0.6 is 27.3 Å². The molecule has 0 spiro atoms. The molecule has 0 bridgehead atoms. The van der Waals surface area contributed by atoms with Gasteiger partial charge in [-0.25, -0.2) is 0 Å². The molecule has 1 aliphatic carbocycles. The fourth-order valence-corrected chi connectivity index (χ4v) is 3.64. The highest BCUT2D eigenvalue weighted by Gasteiger charge is 2.20. The molecule has 0 aliphatic heterocycles. The molecule has 1 aliphatic rings. The van der Waals surface area contributed by atoms with Crippen molar-refractivity contribution in [1.82, 2.24) is 5.32 Å². The van der Waals surface area contributed by atoms with Crippen LogP contribution < -0.4 is 5.32 Å². The molecule has 0 amide bonds. The third-order valence-electron chi connectivity index (χ3n) is 3.15. The molecule has 0 aromatic carbocycles. The van der Waals surface area contributed by atoms with E-state index < -0.39 is 0 Å². The van der Waals surface area contributed by atoms with Crippen molar-refractivity contribution < 1.29 is 5.11 Å². The summed E-state index contributed by atoms with van der Waals surface area (Å²) in [6.07, 6.45) is 5.57. The molecule has 2 nitrogen and oxygen atoms in total. The van der Waals surface area contributed by atoms with Crippen molar-refractivity contribution in [2.24, 2.45) is 0 Å². The van der Waals surface area contributed by atoms with Crippen molar-refractivity contribution >= 4 is 27.3 Å². The van der Waals surface area contributed by atoms with Gasteiger partial charge < -0.3 is 10.4 Å². The minimum Gasteiger partial charge on any atom is -0.392 e. The van der Waals surface area contributed by atoms with Crippen LogP contribution in [0.4, 0.5) is 0 Å². The standard InChI is InChI=1S/C12H18BrNOS/c13-12-7-6-9(16-12)8-14-10-4-2-1-3-5-11(10)15/h6-7,10-11,14-15H,1-5,8H2. The van der Waals surface area contributed by atoms with E-state index in [9.17, 15) is 5.11 Å².